The number of methoxy groups -OCH3 is 1. The van der Waals surface area contributed by atoms with E-state index < -0.39 is 0 Å². The lowest BCUT2D eigenvalue weighted by molar-refractivity contribution is -0.193. The predicted molar refractivity (Wildman–Crippen MR) is 85.4 cm³/mol. The molecule has 0 radical (unpaired) electrons. The molecule has 1 saturated carbocycles. The van der Waals surface area contributed by atoms with Crippen molar-refractivity contribution in [3.05, 3.63) is 22.3 Å². The number of aromatic nitrogens is 1. The molecule has 1 saturated heterocycles. The molecule has 2 fully saturated rings. The molecule has 2 heterocycles. The van der Waals surface area contributed by atoms with Crippen molar-refractivity contribution in [2.24, 2.45) is 11.3 Å². The summed E-state index contributed by atoms with van der Waals surface area (Å²) in [5.41, 5.74) is 1.28. The molecule has 3 rings (SSSR count). The molecule has 1 aliphatic heterocycles. The van der Waals surface area contributed by atoms with Gasteiger partial charge in [-0.3, -0.25) is 0 Å². The molecule has 1 aliphatic carbocycles. The van der Waals surface area contributed by atoms with Gasteiger partial charge in [-0.1, -0.05) is 13.8 Å². The summed E-state index contributed by atoms with van der Waals surface area (Å²) in [6, 6.07) is 2.56. The first-order chi connectivity index (χ1) is 10.0. The summed E-state index contributed by atoms with van der Waals surface area (Å²) < 4.78 is 12.3. The van der Waals surface area contributed by atoms with Gasteiger partial charge in [-0.05, 0) is 34.8 Å². The Balaban J connectivity index is 1.69. The second kappa shape index (κ2) is 5.86. The van der Waals surface area contributed by atoms with E-state index in [0.29, 0.717) is 23.9 Å². The van der Waals surface area contributed by atoms with Crippen LogP contribution in [0.1, 0.15) is 32.3 Å². The first kappa shape index (κ1) is 15.3. The molecule has 1 aromatic rings. The standard InChI is InChI=1S/C16H23BrN2O2/c1-16(2)13(12-5-4-6-21-14(12)16)18-8-10-7-11(17)9-19-15(10)20-3/h7,9,12-14,18H,4-6,8H2,1-3H3. The van der Waals surface area contributed by atoms with Crippen LogP contribution in [0, 0.1) is 11.3 Å². The average Bonchev–Trinajstić information content (AvgIpc) is 2.47. The van der Waals surface area contributed by atoms with E-state index in [1.165, 1.54) is 12.8 Å². The smallest absolute Gasteiger partial charge is 0.217 e. The second-order valence-electron chi connectivity index (χ2n) is 6.60. The topological polar surface area (TPSA) is 43.4 Å². The maximum Gasteiger partial charge on any atom is 0.217 e. The summed E-state index contributed by atoms with van der Waals surface area (Å²) in [5.74, 6) is 1.33. The van der Waals surface area contributed by atoms with Crippen LogP contribution in [0.3, 0.4) is 0 Å². The van der Waals surface area contributed by atoms with Crippen molar-refractivity contribution in [2.45, 2.75) is 45.4 Å². The van der Waals surface area contributed by atoms with Gasteiger partial charge >= 0.3 is 0 Å². The number of rotatable bonds is 4. The molecule has 3 unspecified atom stereocenters. The van der Waals surface area contributed by atoms with Crippen molar-refractivity contribution in [2.75, 3.05) is 13.7 Å². The Hall–Kier alpha value is -0.650. The van der Waals surface area contributed by atoms with Gasteiger partial charge in [-0.2, -0.15) is 0 Å². The van der Waals surface area contributed by atoms with Gasteiger partial charge in [0.05, 0.1) is 13.2 Å². The van der Waals surface area contributed by atoms with Crippen LogP contribution in [0.2, 0.25) is 0 Å². The minimum Gasteiger partial charge on any atom is -0.481 e. The fourth-order valence-electron chi connectivity index (χ4n) is 3.94. The summed E-state index contributed by atoms with van der Waals surface area (Å²) in [6.07, 6.45) is 4.61. The number of halogens is 1. The minimum atomic E-state index is 0.192. The summed E-state index contributed by atoms with van der Waals surface area (Å²) in [4.78, 5) is 4.30. The van der Waals surface area contributed by atoms with Crippen LogP contribution in [0.25, 0.3) is 0 Å². The maximum absolute atomic E-state index is 5.95. The highest BCUT2D eigenvalue weighted by Crippen LogP contribution is 2.51. The van der Waals surface area contributed by atoms with E-state index in [0.717, 1.165) is 23.2 Å². The van der Waals surface area contributed by atoms with Gasteiger partial charge in [0.1, 0.15) is 0 Å². The number of nitrogens with one attached hydrogen (secondary N) is 1. The molecule has 0 spiro atoms. The normalized spacial score (nSPS) is 30.4. The fraction of sp³-hybridized carbons (Fsp3) is 0.688. The average molecular weight is 355 g/mol. The van der Waals surface area contributed by atoms with E-state index in [2.05, 4.69) is 46.1 Å². The highest BCUT2D eigenvalue weighted by Gasteiger charge is 2.57. The second-order valence-corrected chi connectivity index (χ2v) is 7.52. The molecule has 116 valence electrons. The SMILES string of the molecule is COc1ncc(Br)cc1CNC1C2CCCOC2C1(C)C. The first-order valence-corrected chi connectivity index (χ1v) is 8.36. The lowest BCUT2D eigenvalue weighted by atomic mass is 9.55. The molecular weight excluding hydrogens is 332 g/mol. The van der Waals surface area contributed by atoms with Crippen LogP contribution in [-0.2, 0) is 11.3 Å². The number of fused-ring (bicyclic) bond motifs is 1. The maximum atomic E-state index is 5.95. The zero-order chi connectivity index (χ0) is 15.0. The number of ether oxygens (including phenoxy) is 2. The van der Waals surface area contributed by atoms with Crippen molar-refractivity contribution in [3.8, 4) is 5.88 Å². The van der Waals surface area contributed by atoms with Crippen molar-refractivity contribution in [3.63, 3.8) is 0 Å². The van der Waals surface area contributed by atoms with E-state index >= 15 is 0 Å². The van der Waals surface area contributed by atoms with Crippen LogP contribution in [0.15, 0.2) is 16.7 Å². The van der Waals surface area contributed by atoms with E-state index in [-0.39, 0.29) is 5.41 Å². The van der Waals surface area contributed by atoms with Gasteiger partial charge in [0.25, 0.3) is 0 Å². The highest BCUT2D eigenvalue weighted by atomic mass is 79.9. The Labute approximate surface area is 134 Å². The van der Waals surface area contributed by atoms with Gasteiger partial charge in [-0.15, -0.1) is 0 Å². The van der Waals surface area contributed by atoms with Gasteiger partial charge < -0.3 is 14.8 Å². The fourth-order valence-corrected chi connectivity index (χ4v) is 4.31. The number of hydrogen-bond donors (Lipinski definition) is 1. The van der Waals surface area contributed by atoms with Crippen LogP contribution in [0.5, 0.6) is 5.88 Å². The molecule has 3 atom stereocenters. The van der Waals surface area contributed by atoms with Crippen LogP contribution >= 0.6 is 15.9 Å². The van der Waals surface area contributed by atoms with E-state index in [4.69, 9.17) is 9.47 Å². The first-order valence-electron chi connectivity index (χ1n) is 7.57. The highest BCUT2D eigenvalue weighted by molar-refractivity contribution is 9.10. The third-order valence-corrected chi connectivity index (χ3v) is 5.36. The van der Waals surface area contributed by atoms with Gasteiger partial charge in [-0.25, -0.2) is 4.98 Å². The Kier molecular flexibility index (Phi) is 4.26. The summed E-state index contributed by atoms with van der Waals surface area (Å²) in [7, 11) is 1.66. The molecule has 1 N–H and O–H groups in total. The number of hydrogen-bond acceptors (Lipinski definition) is 4. The molecule has 0 bridgehead atoms. The van der Waals surface area contributed by atoms with Gasteiger partial charge in [0.2, 0.25) is 5.88 Å². The molecule has 5 heteroatoms. The lowest BCUT2D eigenvalue weighted by Gasteiger charge is -2.60. The van der Waals surface area contributed by atoms with E-state index in [9.17, 15) is 0 Å². The monoisotopic (exact) mass is 354 g/mol. The van der Waals surface area contributed by atoms with Gasteiger partial charge in [0, 0.05) is 46.8 Å². The lowest BCUT2D eigenvalue weighted by Crippen LogP contribution is -2.69. The quantitative estimate of drug-likeness (QED) is 0.901. The van der Waals surface area contributed by atoms with Crippen molar-refractivity contribution >= 4 is 15.9 Å². The van der Waals surface area contributed by atoms with Crippen molar-refractivity contribution in [1.82, 2.24) is 10.3 Å². The predicted octanol–water partition coefficient (Wildman–Crippen LogP) is 3.15. The van der Waals surface area contributed by atoms with E-state index in [1.807, 2.05) is 0 Å². The summed E-state index contributed by atoms with van der Waals surface area (Å²) in [5, 5.41) is 3.71. The molecule has 4 nitrogen and oxygen atoms in total. The Morgan fingerprint density at radius 2 is 2.33 bits per heavy atom. The summed E-state index contributed by atoms with van der Waals surface area (Å²) in [6.45, 7) is 6.29. The molecule has 0 aromatic carbocycles. The largest absolute Gasteiger partial charge is 0.481 e. The molecule has 21 heavy (non-hydrogen) atoms. The minimum absolute atomic E-state index is 0.192. The van der Waals surface area contributed by atoms with E-state index in [1.54, 1.807) is 13.3 Å². The Bertz CT molecular complexity index is 521. The van der Waals surface area contributed by atoms with Crippen LogP contribution in [0.4, 0.5) is 0 Å². The van der Waals surface area contributed by atoms with Crippen LogP contribution in [-0.4, -0.2) is 30.8 Å². The van der Waals surface area contributed by atoms with Crippen molar-refractivity contribution < 1.29 is 9.47 Å². The number of nitrogens with zero attached hydrogens (tertiary/aromatic N) is 1. The molecule has 2 aliphatic rings. The third-order valence-electron chi connectivity index (χ3n) is 4.93. The Morgan fingerprint density at radius 3 is 3.10 bits per heavy atom. The Morgan fingerprint density at radius 1 is 1.52 bits per heavy atom. The zero-order valence-corrected chi connectivity index (χ0v) is 14.4. The zero-order valence-electron chi connectivity index (χ0n) is 12.9. The molecule has 1 aromatic heterocycles. The van der Waals surface area contributed by atoms with Crippen LogP contribution < -0.4 is 10.1 Å². The summed E-state index contributed by atoms with van der Waals surface area (Å²) >= 11 is 3.48. The van der Waals surface area contributed by atoms with Crippen molar-refractivity contribution in [1.29, 1.82) is 0 Å². The third kappa shape index (κ3) is 2.71. The molecular formula is C16H23BrN2O2. The molecule has 0 amide bonds. The van der Waals surface area contributed by atoms with Gasteiger partial charge in [0.15, 0.2) is 0 Å². The number of pyridine rings is 1.